The third-order valence-electron chi connectivity index (χ3n) is 2.08. The lowest BCUT2D eigenvalue weighted by atomic mass is 10.1. The maximum Gasteiger partial charge on any atom is 0.0120 e. The summed E-state index contributed by atoms with van der Waals surface area (Å²) in [4.78, 5) is 0. The molecule has 0 saturated heterocycles. The minimum Gasteiger partial charge on any atom is -0.327 e. The fraction of sp³-hybridized carbons (Fsp3) is 0.333. The number of fused-ring (bicyclic) bond motifs is 1. The zero-order chi connectivity index (χ0) is 6.97. The van der Waals surface area contributed by atoms with E-state index in [4.69, 9.17) is 5.73 Å². The highest BCUT2D eigenvalue weighted by atomic mass is 35.5. The van der Waals surface area contributed by atoms with Gasteiger partial charge in [-0.2, -0.15) is 0 Å². The molecule has 0 radical (unpaired) electrons. The van der Waals surface area contributed by atoms with E-state index in [2.05, 4.69) is 24.3 Å². The monoisotopic (exact) mass is 169 g/mol. The molecule has 1 aliphatic carbocycles. The number of hydrogen-bond donors (Lipinski definition) is 1. The first kappa shape index (κ1) is 8.57. The van der Waals surface area contributed by atoms with Gasteiger partial charge in [0.2, 0.25) is 0 Å². The predicted octanol–water partition coefficient (Wildman–Crippen LogP) is 1.53. The molecule has 2 heteroatoms. The second-order valence-corrected chi connectivity index (χ2v) is 2.94. The minimum atomic E-state index is 0. The average molecular weight is 170 g/mol. The van der Waals surface area contributed by atoms with E-state index in [9.17, 15) is 0 Å². The van der Waals surface area contributed by atoms with Gasteiger partial charge in [0.1, 0.15) is 0 Å². The van der Waals surface area contributed by atoms with Gasteiger partial charge in [0, 0.05) is 6.04 Å². The summed E-state index contributed by atoms with van der Waals surface area (Å²) in [6.45, 7) is 0. The normalized spacial score (nSPS) is 15.7. The Balaban J connectivity index is 0.000000605. The van der Waals surface area contributed by atoms with Crippen molar-refractivity contribution in [2.45, 2.75) is 18.9 Å². The molecular formula is C9H12ClN. The fourth-order valence-corrected chi connectivity index (χ4v) is 1.59. The quantitative estimate of drug-likeness (QED) is 0.627. The van der Waals surface area contributed by atoms with Gasteiger partial charge in [-0.15, -0.1) is 12.4 Å². The van der Waals surface area contributed by atoms with Crippen molar-refractivity contribution in [3.8, 4) is 0 Å². The molecular weight excluding hydrogens is 158 g/mol. The Morgan fingerprint density at radius 2 is 1.55 bits per heavy atom. The van der Waals surface area contributed by atoms with E-state index in [1.54, 1.807) is 0 Å². The minimum absolute atomic E-state index is 0. The van der Waals surface area contributed by atoms with Crippen LogP contribution in [0.15, 0.2) is 24.3 Å². The topological polar surface area (TPSA) is 26.0 Å². The van der Waals surface area contributed by atoms with Gasteiger partial charge in [-0.3, -0.25) is 0 Å². The largest absolute Gasteiger partial charge is 0.327 e. The summed E-state index contributed by atoms with van der Waals surface area (Å²) in [6.07, 6.45) is 2.13. The molecule has 0 bridgehead atoms. The molecule has 0 atom stereocenters. The zero-order valence-corrected chi connectivity index (χ0v) is 7.10. The zero-order valence-electron chi connectivity index (χ0n) is 6.29. The van der Waals surface area contributed by atoms with Crippen LogP contribution >= 0.6 is 12.4 Å². The highest BCUT2D eigenvalue weighted by Gasteiger charge is 2.15. The van der Waals surface area contributed by atoms with Crippen molar-refractivity contribution in [1.82, 2.24) is 0 Å². The summed E-state index contributed by atoms with van der Waals surface area (Å²) in [5.74, 6) is 0. The predicted molar refractivity (Wildman–Crippen MR) is 49.1 cm³/mol. The number of halogens is 1. The second kappa shape index (κ2) is 3.24. The van der Waals surface area contributed by atoms with Crippen LogP contribution in [0.25, 0.3) is 0 Å². The molecule has 0 aromatic heterocycles. The Morgan fingerprint density at radius 1 is 1.09 bits per heavy atom. The second-order valence-electron chi connectivity index (χ2n) is 2.94. The van der Waals surface area contributed by atoms with Crippen LogP contribution in [-0.2, 0) is 12.8 Å². The van der Waals surface area contributed by atoms with Crippen molar-refractivity contribution in [2.75, 3.05) is 0 Å². The number of benzene rings is 1. The molecule has 0 aliphatic heterocycles. The molecule has 2 rings (SSSR count). The van der Waals surface area contributed by atoms with Crippen LogP contribution in [0.3, 0.4) is 0 Å². The SMILES string of the molecule is Cl.NC1Cc2ccccc2C1. The van der Waals surface area contributed by atoms with Gasteiger partial charge >= 0.3 is 0 Å². The van der Waals surface area contributed by atoms with Crippen LogP contribution in [0, 0.1) is 0 Å². The van der Waals surface area contributed by atoms with Crippen LogP contribution in [0.2, 0.25) is 0 Å². The Labute approximate surface area is 73.0 Å². The first-order valence-electron chi connectivity index (χ1n) is 3.68. The van der Waals surface area contributed by atoms with E-state index in [1.165, 1.54) is 11.1 Å². The molecule has 1 aliphatic rings. The van der Waals surface area contributed by atoms with Gasteiger partial charge < -0.3 is 5.73 Å². The van der Waals surface area contributed by atoms with Gasteiger partial charge in [-0.25, -0.2) is 0 Å². The van der Waals surface area contributed by atoms with E-state index >= 15 is 0 Å². The van der Waals surface area contributed by atoms with Crippen LogP contribution in [0.1, 0.15) is 11.1 Å². The third-order valence-corrected chi connectivity index (χ3v) is 2.08. The highest BCUT2D eigenvalue weighted by Crippen LogP contribution is 2.19. The third kappa shape index (κ3) is 1.55. The highest BCUT2D eigenvalue weighted by molar-refractivity contribution is 5.85. The smallest absolute Gasteiger partial charge is 0.0120 e. The fourth-order valence-electron chi connectivity index (χ4n) is 1.59. The lowest BCUT2D eigenvalue weighted by Gasteiger charge is -1.94. The number of hydrogen-bond acceptors (Lipinski definition) is 1. The lowest BCUT2D eigenvalue weighted by molar-refractivity contribution is 0.721. The number of nitrogens with two attached hydrogens (primary N) is 1. The van der Waals surface area contributed by atoms with E-state index in [0.717, 1.165) is 12.8 Å². The van der Waals surface area contributed by atoms with Gasteiger partial charge in [0.15, 0.2) is 0 Å². The van der Waals surface area contributed by atoms with Crippen LogP contribution in [0.5, 0.6) is 0 Å². The van der Waals surface area contributed by atoms with Gasteiger partial charge in [0.25, 0.3) is 0 Å². The molecule has 1 aromatic carbocycles. The first-order valence-corrected chi connectivity index (χ1v) is 3.68. The maximum atomic E-state index is 5.78. The van der Waals surface area contributed by atoms with Crippen molar-refractivity contribution >= 4 is 12.4 Å². The summed E-state index contributed by atoms with van der Waals surface area (Å²) in [5.41, 5.74) is 8.66. The van der Waals surface area contributed by atoms with Crippen molar-refractivity contribution in [3.05, 3.63) is 35.4 Å². The molecule has 0 fully saturated rings. The Bertz CT molecular complexity index is 222. The molecule has 0 amide bonds. The molecule has 0 unspecified atom stereocenters. The molecule has 60 valence electrons. The maximum absolute atomic E-state index is 5.78. The average Bonchev–Trinajstić information content (AvgIpc) is 2.27. The van der Waals surface area contributed by atoms with Crippen molar-refractivity contribution < 1.29 is 0 Å². The summed E-state index contributed by atoms with van der Waals surface area (Å²) in [5, 5.41) is 0. The summed E-state index contributed by atoms with van der Waals surface area (Å²) in [7, 11) is 0. The van der Waals surface area contributed by atoms with E-state index in [-0.39, 0.29) is 12.4 Å². The lowest BCUT2D eigenvalue weighted by Crippen LogP contribution is -2.18. The van der Waals surface area contributed by atoms with Crippen LogP contribution in [0.4, 0.5) is 0 Å². The van der Waals surface area contributed by atoms with Crippen molar-refractivity contribution in [2.24, 2.45) is 5.73 Å². The molecule has 2 N–H and O–H groups in total. The van der Waals surface area contributed by atoms with Gasteiger partial charge in [0.05, 0.1) is 0 Å². The molecule has 0 heterocycles. The summed E-state index contributed by atoms with van der Waals surface area (Å²) >= 11 is 0. The van der Waals surface area contributed by atoms with E-state index in [1.807, 2.05) is 0 Å². The van der Waals surface area contributed by atoms with Crippen LogP contribution < -0.4 is 5.73 Å². The first-order chi connectivity index (χ1) is 4.86. The van der Waals surface area contributed by atoms with Gasteiger partial charge in [-0.1, -0.05) is 24.3 Å². The van der Waals surface area contributed by atoms with Crippen molar-refractivity contribution in [1.29, 1.82) is 0 Å². The number of rotatable bonds is 0. The van der Waals surface area contributed by atoms with E-state index in [0.29, 0.717) is 6.04 Å². The van der Waals surface area contributed by atoms with Gasteiger partial charge in [-0.05, 0) is 24.0 Å². The Hall–Kier alpha value is -0.530. The Kier molecular flexibility index (Phi) is 2.53. The Morgan fingerprint density at radius 3 is 2.00 bits per heavy atom. The van der Waals surface area contributed by atoms with Crippen molar-refractivity contribution in [3.63, 3.8) is 0 Å². The molecule has 1 nitrogen and oxygen atoms in total. The standard InChI is InChI=1S/C9H11N.ClH/c10-9-5-7-3-1-2-4-8(7)6-9;/h1-4,9H,5-6,10H2;1H. The molecule has 0 spiro atoms. The van der Waals surface area contributed by atoms with Crippen LogP contribution in [-0.4, -0.2) is 6.04 Å². The molecule has 11 heavy (non-hydrogen) atoms. The molecule has 0 saturated carbocycles. The summed E-state index contributed by atoms with van der Waals surface area (Å²) in [6, 6.07) is 8.87. The van der Waals surface area contributed by atoms with E-state index < -0.39 is 0 Å². The summed E-state index contributed by atoms with van der Waals surface area (Å²) < 4.78 is 0. The molecule has 1 aromatic rings.